The van der Waals surface area contributed by atoms with Crippen molar-refractivity contribution in [2.45, 2.75) is 78.3 Å². The second-order valence-corrected chi connectivity index (χ2v) is 12.7. The molecule has 0 aliphatic rings. The molecule has 0 bridgehead atoms. The number of aromatic amines is 2. The zero-order chi connectivity index (χ0) is 36.5. The molecule has 2 aromatic heterocycles. The van der Waals surface area contributed by atoms with Crippen LogP contribution in [0.3, 0.4) is 0 Å². The maximum absolute atomic E-state index is 12.9. The minimum atomic E-state index is -0.696. The number of H-pyrrole nitrogens is 2. The van der Waals surface area contributed by atoms with Gasteiger partial charge in [-0.2, -0.15) is 0 Å². The number of carbonyl (C=O) groups is 3. The summed E-state index contributed by atoms with van der Waals surface area (Å²) in [6.45, 7) is 11.2. The van der Waals surface area contributed by atoms with Gasteiger partial charge in [-0.3, -0.25) is 9.59 Å². The van der Waals surface area contributed by atoms with E-state index in [4.69, 9.17) is 10.5 Å². The smallest absolute Gasteiger partial charge is 0.425 e. The van der Waals surface area contributed by atoms with Gasteiger partial charge in [0.15, 0.2) is 0 Å². The van der Waals surface area contributed by atoms with Gasteiger partial charge in [0.25, 0.3) is 0 Å². The van der Waals surface area contributed by atoms with Gasteiger partial charge in [0.05, 0.1) is 44.0 Å². The number of hydrazone groups is 1. The van der Waals surface area contributed by atoms with Gasteiger partial charge < -0.3 is 25.2 Å². The molecular formula is C36H47N9O5. The third-order valence-electron chi connectivity index (χ3n) is 8.15. The van der Waals surface area contributed by atoms with Crippen LogP contribution < -0.4 is 11.2 Å². The van der Waals surface area contributed by atoms with Crippen LogP contribution in [0.5, 0.6) is 0 Å². The maximum Gasteiger partial charge on any atom is 0.425 e. The van der Waals surface area contributed by atoms with Crippen molar-refractivity contribution >= 4 is 23.9 Å². The van der Waals surface area contributed by atoms with Crippen LogP contribution in [-0.4, -0.2) is 80.2 Å². The van der Waals surface area contributed by atoms with Crippen molar-refractivity contribution in [3.05, 3.63) is 72.6 Å². The molecule has 0 saturated carbocycles. The molecule has 3 amide bonds. The summed E-state index contributed by atoms with van der Waals surface area (Å²) in [7, 11) is 2.66. The molecule has 14 nitrogen and oxygen atoms in total. The highest BCUT2D eigenvalue weighted by atomic mass is 16.5. The molecule has 0 saturated heterocycles. The number of rotatable bonds is 12. The molecule has 266 valence electrons. The molecule has 0 unspecified atom stereocenters. The zero-order valence-corrected chi connectivity index (χ0v) is 29.9. The van der Waals surface area contributed by atoms with Crippen LogP contribution in [0, 0.1) is 0 Å². The number of hydrazine groups is 1. The van der Waals surface area contributed by atoms with Gasteiger partial charge in [0.2, 0.25) is 11.8 Å². The van der Waals surface area contributed by atoms with Crippen molar-refractivity contribution < 1.29 is 23.9 Å². The lowest BCUT2D eigenvalue weighted by atomic mass is 10.0. The molecule has 0 aliphatic carbocycles. The zero-order valence-electron chi connectivity index (χ0n) is 29.9. The topological polar surface area (TPSA) is 184 Å². The van der Waals surface area contributed by atoms with Crippen LogP contribution >= 0.6 is 0 Å². The number of methoxy groups -OCH3 is 2. The number of hydrogen-bond acceptors (Lipinski definition) is 8. The second kappa shape index (κ2) is 16.6. The molecule has 2 atom stereocenters. The first-order valence-electron chi connectivity index (χ1n) is 16.5. The van der Waals surface area contributed by atoms with Gasteiger partial charge in [-0.1, -0.05) is 62.4 Å². The standard InChI is InChI=1S/C36H47N9O5/c1-21(2)44(42-35(37)49-7)31(46)17-23(5)33-38-19-29(40-33)27-13-9-25(10-14-27)26-11-15-28(16-12-26)30-20-39-34(41-30)24(6)18-32(47)45(22(3)4)43-36(48)50-8/h9-16,19-24H,17-18H2,1-8H3,(H2,37,42)(H,38,40)(H,39,41)(H,43,48)/t23-,24-/m1/s1. The normalized spacial score (nSPS) is 12.8. The molecule has 5 N–H and O–H groups in total. The first-order valence-corrected chi connectivity index (χ1v) is 16.5. The van der Waals surface area contributed by atoms with Crippen LogP contribution in [0.2, 0.25) is 0 Å². The van der Waals surface area contributed by atoms with Crippen molar-refractivity contribution in [2.24, 2.45) is 10.8 Å². The summed E-state index contributed by atoms with van der Waals surface area (Å²) < 4.78 is 9.55. The summed E-state index contributed by atoms with van der Waals surface area (Å²) in [5, 5.41) is 6.68. The molecule has 0 aliphatic heterocycles. The van der Waals surface area contributed by atoms with E-state index in [0.717, 1.165) is 33.6 Å². The Kier molecular flexibility index (Phi) is 12.4. The summed E-state index contributed by atoms with van der Waals surface area (Å²) in [6.07, 6.45) is 3.19. The Hall–Kier alpha value is -5.66. The van der Waals surface area contributed by atoms with Crippen LogP contribution in [0.4, 0.5) is 4.79 Å². The maximum atomic E-state index is 12.9. The van der Waals surface area contributed by atoms with Crippen molar-refractivity contribution in [2.75, 3.05) is 14.2 Å². The average molecular weight is 686 g/mol. The molecular weight excluding hydrogens is 638 g/mol. The number of nitrogens with zero attached hydrogens (tertiary/aromatic N) is 5. The number of imidazole rings is 2. The van der Waals surface area contributed by atoms with Crippen LogP contribution in [0.25, 0.3) is 33.6 Å². The fraction of sp³-hybridized carbons (Fsp3) is 0.389. The summed E-state index contributed by atoms with van der Waals surface area (Å²) >= 11 is 0. The third-order valence-corrected chi connectivity index (χ3v) is 8.15. The Balaban J connectivity index is 1.38. The largest absolute Gasteiger partial charge is 0.468 e. The lowest BCUT2D eigenvalue weighted by molar-refractivity contribution is -0.136. The molecule has 4 aromatic rings. The van der Waals surface area contributed by atoms with E-state index >= 15 is 0 Å². The predicted octanol–water partition coefficient (Wildman–Crippen LogP) is 5.74. The molecule has 2 heterocycles. The Bertz CT molecular complexity index is 1780. The fourth-order valence-corrected chi connectivity index (χ4v) is 5.29. The first kappa shape index (κ1) is 37.2. The minimum Gasteiger partial charge on any atom is -0.468 e. The summed E-state index contributed by atoms with van der Waals surface area (Å²) in [5.74, 6) is 0.585. The van der Waals surface area contributed by atoms with E-state index in [9.17, 15) is 14.4 Å². The van der Waals surface area contributed by atoms with Crippen molar-refractivity contribution in [1.29, 1.82) is 0 Å². The Morgan fingerprint density at radius 1 is 0.720 bits per heavy atom. The number of aromatic nitrogens is 4. The third kappa shape index (κ3) is 9.27. The van der Waals surface area contributed by atoms with Gasteiger partial charge in [-0.05, 0) is 49.9 Å². The van der Waals surface area contributed by atoms with Gasteiger partial charge >= 0.3 is 12.1 Å². The number of carbonyl (C=O) groups excluding carboxylic acids is 3. The van der Waals surface area contributed by atoms with E-state index in [2.05, 4.69) is 59.5 Å². The van der Waals surface area contributed by atoms with Crippen LogP contribution in [0.15, 0.2) is 66.0 Å². The van der Waals surface area contributed by atoms with Gasteiger partial charge in [-0.25, -0.2) is 30.2 Å². The number of ether oxygens (including phenoxy) is 2. The highest BCUT2D eigenvalue weighted by molar-refractivity contribution is 5.81. The fourth-order valence-electron chi connectivity index (χ4n) is 5.29. The molecule has 0 spiro atoms. The summed E-state index contributed by atoms with van der Waals surface area (Å²) in [6, 6.07) is 15.8. The Morgan fingerprint density at radius 3 is 1.56 bits per heavy atom. The van der Waals surface area contributed by atoms with E-state index in [1.54, 1.807) is 12.4 Å². The molecule has 0 fully saturated rings. The summed E-state index contributed by atoms with van der Waals surface area (Å²) in [4.78, 5) is 53.3. The van der Waals surface area contributed by atoms with Crippen LogP contribution in [-0.2, 0) is 19.1 Å². The number of nitrogens with one attached hydrogen (secondary N) is 3. The highest BCUT2D eigenvalue weighted by Gasteiger charge is 2.24. The van der Waals surface area contributed by atoms with Crippen molar-refractivity contribution in [1.82, 2.24) is 35.4 Å². The predicted molar refractivity (Wildman–Crippen MR) is 191 cm³/mol. The molecule has 4 rings (SSSR count). The lowest BCUT2D eigenvalue weighted by Gasteiger charge is -2.27. The average Bonchev–Trinajstić information content (AvgIpc) is 3.80. The molecule has 2 aromatic carbocycles. The van der Waals surface area contributed by atoms with Crippen molar-refractivity contribution in [3.8, 4) is 33.6 Å². The number of hydrogen-bond donors (Lipinski definition) is 4. The van der Waals surface area contributed by atoms with E-state index in [1.807, 2.05) is 65.8 Å². The second-order valence-electron chi connectivity index (χ2n) is 12.7. The Morgan fingerprint density at radius 2 is 1.16 bits per heavy atom. The van der Waals surface area contributed by atoms with E-state index in [-0.39, 0.29) is 54.6 Å². The van der Waals surface area contributed by atoms with Crippen molar-refractivity contribution in [3.63, 3.8) is 0 Å². The molecule has 50 heavy (non-hydrogen) atoms. The molecule has 0 radical (unpaired) electrons. The number of amidine groups is 1. The molecule has 14 heteroatoms. The van der Waals surface area contributed by atoms with Gasteiger partial charge in [0.1, 0.15) is 11.6 Å². The number of nitrogens with two attached hydrogens (primary N) is 1. The summed E-state index contributed by atoms with van der Waals surface area (Å²) in [5.41, 5.74) is 13.9. The monoisotopic (exact) mass is 685 g/mol. The number of benzene rings is 2. The van der Waals surface area contributed by atoms with E-state index in [0.29, 0.717) is 11.6 Å². The highest BCUT2D eigenvalue weighted by Crippen LogP contribution is 2.29. The quantitative estimate of drug-likeness (QED) is 0.0826. The first-order chi connectivity index (χ1) is 23.8. The van der Waals surface area contributed by atoms with Crippen LogP contribution in [0.1, 0.15) is 77.9 Å². The lowest BCUT2D eigenvalue weighted by Crippen LogP contribution is -2.50. The SMILES string of the molecule is COC(=O)NN(C(=O)C[C@@H](C)c1ncc(-c2ccc(-c3ccc(-c4cnc([C@H](C)CC(=O)N(/N=C(/N)OC)C(C)C)[nH]4)cc3)cc2)[nH]1)C(C)C. The van der Waals surface area contributed by atoms with Gasteiger partial charge in [0, 0.05) is 30.7 Å². The van der Waals surface area contributed by atoms with E-state index in [1.165, 1.54) is 24.2 Å². The van der Waals surface area contributed by atoms with Gasteiger partial charge in [-0.15, -0.1) is 5.10 Å². The van der Waals surface area contributed by atoms with E-state index < -0.39 is 6.09 Å². The minimum absolute atomic E-state index is 0.0742. The number of amides is 3. The Labute approximate surface area is 292 Å².